The molecule has 0 bridgehead atoms. The third-order valence-electron chi connectivity index (χ3n) is 8.43. The van der Waals surface area contributed by atoms with Gasteiger partial charge in [-0.05, 0) is 66.5 Å². The van der Waals surface area contributed by atoms with Crippen molar-refractivity contribution in [2.24, 2.45) is 17.4 Å². The van der Waals surface area contributed by atoms with Crippen LogP contribution in [0.1, 0.15) is 145 Å². The van der Waals surface area contributed by atoms with E-state index in [1.807, 2.05) is 33.3 Å². The maximum atomic E-state index is 6.23. The summed E-state index contributed by atoms with van der Waals surface area (Å²) in [5.74, 6) is 0.506. The van der Waals surface area contributed by atoms with Crippen molar-refractivity contribution in [2.45, 2.75) is 167 Å². The second-order valence-electron chi connectivity index (χ2n) is 13.4. The molecule has 0 aromatic heterocycles. The summed E-state index contributed by atoms with van der Waals surface area (Å²) in [5, 5.41) is 4.74. The van der Waals surface area contributed by atoms with E-state index in [0.29, 0.717) is 18.5 Å². The minimum absolute atomic E-state index is 0.0532. The summed E-state index contributed by atoms with van der Waals surface area (Å²) in [6.07, 6.45) is 19.0. The molecule has 8 heteroatoms. The zero-order valence-corrected chi connectivity index (χ0v) is 31.8. The van der Waals surface area contributed by atoms with Crippen molar-refractivity contribution in [2.75, 3.05) is 44.4 Å². The molecule has 42 heavy (non-hydrogen) atoms. The van der Waals surface area contributed by atoms with Crippen LogP contribution in [0.25, 0.3) is 0 Å². The molecule has 254 valence electrons. The predicted molar refractivity (Wildman–Crippen MR) is 198 cm³/mol. The summed E-state index contributed by atoms with van der Waals surface area (Å²) >= 11 is 1.99. The molecule has 5 nitrogen and oxygen atoms in total. The average Bonchev–Trinajstić information content (AvgIpc) is 2.97. The lowest BCUT2D eigenvalue weighted by molar-refractivity contribution is 0.0173. The fraction of sp³-hybridized carbons (Fsp3) is 1.00. The van der Waals surface area contributed by atoms with Gasteiger partial charge in [-0.25, -0.2) is 0 Å². The van der Waals surface area contributed by atoms with E-state index in [9.17, 15) is 0 Å². The summed E-state index contributed by atoms with van der Waals surface area (Å²) in [6, 6.07) is 0.438. The van der Waals surface area contributed by atoms with Crippen molar-refractivity contribution in [3.63, 3.8) is 0 Å². The van der Waals surface area contributed by atoms with Crippen LogP contribution in [0.4, 0.5) is 0 Å². The molecule has 3 atom stereocenters. The van der Waals surface area contributed by atoms with Gasteiger partial charge in [-0.1, -0.05) is 119 Å². The van der Waals surface area contributed by atoms with Gasteiger partial charge in [-0.15, -0.1) is 11.8 Å². The van der Waals surface area contributed by atoms with Gasteiger partial charge in [-0.3, -0.25) is 4.90 Å². The maximum absolute atomic E-state index is 6.23. The topological polar surface area (TPSA) is 76.5 Å². The molecule has 0 aliphatic carbocycles. The average molecular weight is 651 g/mol. The van der Waals surface area contributed by atoms with E-state index in [4.69, 9.17) is 16.2 Å². The van der Waals surface area contributed by atoms with E-state index in [1.54, 1.807) is 0 Å². The second-order valence-corrected chi connectivity index (χ2v) is 18.4. The number of thioether (sulfide) groups is 1. The first-order chi connectivity index (χ1) is 20.0. The first-order valence-electron chi connectivity index (χ1n) is 17.5. The summed E-state index contributed by atoms with van der Waals surface area (Å²) < 4.78 is 6.35. The highest BCUT2D eigenvalue weighted by Gasteiger charge is 2.33. The van der Waals surface area contributed by atoms with Crippen molar-refractivity contribution >= 4 is 33.3 Å². The van der Waals surface area contributed by atoms with Crippen molar-refractivity contribution < 1.29 is 4.74 Å². The first kappa shape index (κ1) is 42.9. The molecular formula is C34H74N4OS3. The van der Waals surface area contributed by atoms with Crippen LogP contribution >= 0.6 is 33.3 Å². The zero-order chi connectivity index (χ0) is 31.7. The van der Waals surface area contributed by atoms with Crippen LogP contribution in [0, 0.1) is 5.92 Å². The van der Waals surface area contributed by atoms with Gasteiger partial charge in [0, 0.05) is 37.0 Å². The number of unbranched alkanes of at least 4 members (excludes halogenated alkanes) is 12. The molecule has 3 unspecified atom stereocenters. The van der Waals surface area contributed by atoms with Crippen LogP contribution in [0.3, 0.4) is 0 Å². The molecule has 0 aliphatic heterocycles. The Hall–Kier alpha value is 0.850. The third kappa shape index (κ3) is 23.2. The van der Waals surface area contributed by atoms with Crippen LogP contribution in [0.2, 0.25) is 0 Å². The Bertz CT molecular complexity index is 597. The summed E-state index contributed by atoms with van der Waals surface area (Å²) in [7, 11) is 4.03. The summed E-state index contributed by atoms with van der Waals surface area (Å²) in [6.45, 7) is 23.7. The number of hydrogen-bond acceptors (Lipinski definition) is 8. The smallest absolute Gasteiger partial charge is 0.0824 e. The first-order valence-corrected chi connectivity index (χ1v) is 20.8. The maximum Gasteiger partial charge on any atom is 0.0824 e. The van der Waals surface area contributed by atoms with E-state index in [0.717, 1.165) is 50.7 Å². The van der Waals surface area contributed by atoms with Crippen molar-refractivity contribution in [3.8, 4) is 0 Å². The molecule has 0 aromatic rings. The lowest BCUT2D eigenvalue weighted by atomic mass is 10.0. The SMILES string of the molecule is CCCCCCCCCCCCCCN(CC(CN)OCCCC)C(C)C(C)(C)SSCSC(C)(C)NCC(C)CN. The minimum Gasteiger partial charge on any atom is -0.376 e. The van der Waals surface area contributed by atoms with Crippen LogP contribution in [0.15, 0.2) is 0 Å². The Balaban J connectivity index is 4.74. The molecule has 0 aliphatic rings. The van der Waals surface area contributed by atoms with Crippen LogP contribution in [-0.2, 0) is 4.74 Å². The molecule has 5 N–H and O–H groups in total. The number of nitrogens with one attached hydrogen (secondary N) is 1. The minimum atomic E-state index is 0.0532. The molecular weight excluding hydrogens is 577 g/mol. The third-order valence-corrected chi connectivity index (χ3v) is 13.5. The fourth-order valence-corrected chi connectivity index (χ4v) is 9.40. The van der Waals surface area contributed by atoms with Gasteiger partial charge in [0.05, 0.1) is 16.1 Å². The Labute approximate surface area is 276 Å². The van der Waals surface area contributed by atoms with Crippen molar-refractivity contribution in [1.29, 1.82) is 0 Å². The zero-order valence-electron chi connectivity index (χ0n) is 29.3. The van der Waals surface area contributed by atoms with Gasteiger partial charge < -0.3 is 21.5 Å². The van der Waals surface area contributed by atoms with Gasteiger partial charge in [0.25, 0.3) is 0 Å². The summed E-state index contributed by atoms with van der Waals surface area (Å²) in [4.78, 5) is 2.73. The number of hydrogen-bond donors (Lipinski definition) is 3. The molecule has 0 amide bonds. The van der Waals surface area contributed by atoms with Crippen LogP contribution in [0.5, 0.6) is 0 Å². The van der Waals surface area contributed by atoms with Gasteiger partial charge in [0.2, 0.25) is 0 Å². The Morgan fingerprint density at radius 1 is 0.762 bits per heavy atom. The number of nitrogens with two attached hydrogens (primary N) is 2. The molecule has 0 radical (unpaired) electrons. The lowest BCUT2D eigenvalue weighted by Gasteiger charge is -2.41. The summed E-state index contributed by atoms with van der Waals surface area (Å²) in [5.41, 5.74) is 12.0. The fourth-order valence-electron chi connectivity index (χ4n) is 4.86. The van der Waals surface area contributed by atoms with E-state index >= 15 is 0 Å². The molecule has 0 rings (SSSR count). The highest BCUT2D eigenvalue weighted by atomic mass is 33.1. The van der Waals surface area contributed by atoms with Crippen LogP contribution in [-0.4, -0.2) is 71.1 Å². The lowest BCUT2D eigenvalue weighted by Crippen LogP contribution is -2.50. The predicted octanol–water partition coefficient (Wildman–Crippen LogP) is 9.29. The van der Waals surface area contributed by atoms with Crippen molar-refractivity contribution in [3.05, 3.63) is 0 Å². The van der Waals surface area contributed by atoms with Gasteiger partial charge in [-0.2, -0.15) is 0 Å². The largest absolute Gasteiger partial charge is 0.376 e. The normalized spacial score (nSPS) is 14.9. The van der Waals surface area contributed by atoms with Gasteiger partial charge >= 0.3 is 0 Å². The molecule has 0 fully saturated rings. The number of rotatable bonds is 31. The molecule has 0 heterocycles. The number of ether oxygens (including phenoxy) is 1. The molecule has 0 aromatic carbocycles. The molecule has 0 saturated carbocycles. The highest BCUT2D eigenvalue weighted by Crippen LogP contribution is 2.42. The Morgan fingerprint density at radius 3 is 1.83 bits per heavy atom. The highest BCUT2D eigenvalue weighted by molar-refractivity contribution is 8.78. The number of nitrogens with zero attached hydrogens (tertiary/aromatic N) is 1. The second kappa shape index (κ2) is 27.0. The van der Waals surface area contributed by atoms with Crippen LogP contribution < -0.4 is 16.8 Å². The molecule has 0 spiro atoms. The Kier molecular flexibility index (Phi) is 27.6. The monoisotopic (exact) mass is 651 g/mol. The van der Waals surface area contributed by atoms with E-state index in [-0.39, 0.29) is 15.7 Å². The van der Waals surface area contributed by atoms with E-state index in [1.165, 1.54) is 77.0 Å². The van der Waals surface area contributed by atoms with E-state index < -0.39 is 0 Å². The van der Waals surface area contributed by atoms with E-state index in [2.05, 4.69) is 65.6 Å². The van der Waals surface area contributed by atoms with Gasteiger partial charge in [0.15, 0.2) is 0 Å². The molecule has 0 saturated heterocycles. The standard InChI is InChI=1S/C34H74N4OS3/c1-9-11-13-14-15-16-17-18-19-20-21-22-23-38(28-32(26-36)39-24-12-10-2)31(4)33(5,6)42-41-29-40-34(7,8)37-27-30(3)25-35/h30-32,37H,9-29,35-36H2,1-8H3. The quantitative estimate of drug-likeness (QED) is 0.0389. The van der Waals surface area contributed by atoms with Gasteiger partial charge in [0.1, 0.15) is 0 Å². The van der Waals surface area contributed by atoms with Crippen molar-refractivity contribution in [1.82, 2.24) is 10.2 Å². The Morgan fingerprint density at radius 2 is 1.31 bits per heavy atom.